The Balaban J connectivity index is 1.43. The Bertz CT molecular complexity index is 1760. The van der Waals surface area contributed by atoms with E-state index in [1.165, 1.54) is 11.1 Å². The summed E-state index contributed by atoms with van der Waals surface area (Å²) in [6.07, 6.45) is 1.86. The smallest absolute Gasteiger partial charge is 0.163 e. The van der Waals surface area contributed by atoms with Gasteiger partial charge in [-0.25, -0.2) is 9.98 Å². The lowest BCUT2D eigenvalue weighted by Crippen LogP contribution is -2.14. The van der Waals surface area contributed by atoms with E-state index >= 15 is 0 Å². The molecule has 1 aliphatic heterocycles. The fraction of sp³-hybridized carbons (Fsp3) is 0.0857. The van der Waals surface area contributed by atoms with Crippen LogP contribution in [0.5, 0.6) is 5.75 Å². The van der Waals surface area contributed by atoms with Gasteiger partial charge in [0, 0.05) is 22.4 Å². The zero-order valence-corrected chi connectivity index (χ0v) is 21.7. The van der Waals surface area contributed by atoms with Crippen LogP contribution in [0, 0.1) is 0 Å². The Labute approximate surface area is 228 Å². The summed E-state index contributed by atoms with van der Waals surface area (Å²) in [5, 5.41) is 0. The fourth-order valence-electron chi connectivity index (χ4n) is 5.58. The Morgan fingerprint density at radius 3 is 2.05 bits per heavy atom. The molecule has 2 heterocycles. The molecule has 5 aromatic rings. The van der Waals surface area contributed by atoms with Gasteiger partial charge in [-0.05, 0) is 64.9 Å². The molecule has 4 nitrogen and oxygen atoms in total. The molecule has 1 N–H and O–H groups in total. The van der Waals surface area contributed by atoms with Gasteiger partial charge in [-0.1, -0.05) is 91.0 Å². The van der Waals surface area contributed by atoms with Crippen LogP contribution in [0.25, 0.3) is 28.0 Å². The van der Waals surface area contributed by atoms with Crippen molar-refractivity contribution in [1.82, 2.24) is 4.98 Å². The standard InChI is InChI=1S/C35H27N3O/c1-39-27-18-20-28-26(21-27)17-19-29-32(25-15-9-4-10-16-25)35(37-33(28)29)38-34-30(23-11-5-2-6-12-23)22-31(36-34)24-13-7-3-8-14-24/h2-16,18,20-22,36H,17,19H2,1H3/b38-35-. The predicted octanol–water partition coefficient (Wildman–Crippen LogP) is 8.29. The summed E-state index contributed by atoms with van der Waals surface area (Å²) in [4.78, 5) is 14.1. The first-order chi connectivity index (χ1) is 19.3. The molecule has 0 spiro atoms. The number of nitrogens with zero attached hydrogens (tertiary/aromatic N) is 2. The molecule has 7 rings (SSSR count). The minimum absolute atomic E-state index is 0.744. The summed E-state index contributed by atoms with van der Waals surface area (Å²) in [6, 6.07) is 39.8. The third-order valence-corrected chi connectivity index (χ3v) is 7.49. The minimum Gasteiger partial charge on any atom is -0.497 e. The zero-order valence-electron chi connectivity index (χ0n) is 21.7. The number of aromatic amines is 1. The molecule has 2 aliphatic rings. The fourth-order valence-corrected chi connectivity index (χ4v) is 5.58. The zero-order chi connectivity index (χ0) is 26.2. The van der Waals surface area contributed by atoms with Gasteiger partial charge in [0.1, 0.15) is 11.6 Å². The second kappa shape index (κ2) is 9.73. The Hall–Kier alpha value is -4.96. The second-order valence-corrected chi connectivity index (χ2v) is 9.82. The first kappa shape index (κ1) is 23.2. The predicted molar refractivity (Wildman–Crippen MR) is 160 cm³/mol. The van der Waals surface area contributed by atoms with Crippen LogP contribution in [0.2, 0.25) is 0 Å². The van der Waals surface area contributed by atoms with E-state index in [0.717, 1.165) is 75.0 Å². The molecule has 4 heteroatoms. The number of aliphatic imine (C=N–C) groups is 2. The van der Waals surface area contributed by atoms with Crippen molar-refractivity contribution in [2.45, 2.75) is 12.8 Å². The number of benzene rings is 4. The lowest BCUT2D eigenvalue weighted by atomic mass is 9.84. The minimum atomic E-state index is 0.744. The van der Waals surface area contributed by atoms with Gasteiger partial charge in [0.2, 0.25) is 0 Å². The van der Waals surface area contributed by atoms with E-state index in [1.54, 1.807) is 7.11 Å². The van der Waals surface area contributed by atoms with Gasteiger partial charge >= 0.3 is 0 Å². The maximum absolute atomic E-state index is 5.50. The molecule has 0 fully saturated rings. The van der Waals surface area contributed by atoms with E-state index in [4.69, 9.17) is 14.7 Å². The number of methoxy groups -OCH3 is 1. The first-order valence-corrected chi connectivity index (χ1v) is 13.3. The van der Waals surface area contributed by atoms with Crippen molar-refractivity contribution in [2.24, 2.45) is 9.98 Å². The van der Waals surface area contributed by atoms with Crippen molar-refractivity contribution in [3.8, 4) is 28.1 Å². The highest BCUT2D eigenvalue weighted by Crippen LogP contribution is 2.41. The summed E-state index contributed by atoms with van der Waals surface area (Å²) in [6.45, 7) is 0. The topological polar surface area (TPSA) is 49.7 Å². The molecule has 0 radical (unpaired) electrons. The van der Waals surface area contributed by atoms with Gasteiger partial charge < -0.3 is 9.72 Å². The number of allylic oxidation sites excluding steroid dienone is 1. The van der Waals surface area contributed by atoms with E-state index in [2.05, 4.69) is 102 Å². The highest BCUT2D eigenvalue weighted by atomic mass is 16.5. The lowest BCUT2D eigenvalue weighted by Gasteiger charge is -2.20. The van der Waals surface area contributed by atoms with Crippen molar-refractivity contribution in [2.75, 3.05) is 7.11 Å². The second-order valence-electron chi connectivity index (χ2n) is 9.82. The number of aromatic nitrogens is 1. The van der Waals surface area contributed by atoms with Crippen molar-refractivity contribution >= 4 is 22.9 Å². The molecule has 0 saturated carbocycles. The third-order valence-electron chi connectivity index (χ3n) is 7.49. The molecule has 1 aromatic heterocycles. The summed E-state index contributed by atoms with van der Waals surface area (Å²) in [5.74, 6) is 2.43. The molecular weight excluding hydrogens is 478 g/mol. The Morgan fingerprint density at radius 1 is 0.692 bits per heavy atom. The van der Waals surface area contributed by atoms with Gasteiger partial charge in [-0.3, -0.25) is 0 Å². The first-order valence-electron chi connectivity index (χ1n) is 13.3. The summed E-state index contributed by atoms with van der Waals surface area (Å²) >= 11 is 0. The quantitative estimate of drug-likeness (QED) is 0.257. The van der Waals surface area contributed by atoms with Crippen LogP contribution in [-0.4, -0.2) is 23.6 Å². The molecule has 1 aliphatic carbocycles. The maximum atomic E-state index is 5.50. The van der Waals surface area contributed by atoms with Gasteiger partial charge in [0.15, 0.2) is 5.84 Å². The van der Waals surface area contributed by atoms with Crippen molar-refractivity contribution < 1.29 is 4.74 Å². The van der Waals surface area contributed by atoms with Crippen molar-refractivity contribution in [3.63, 3.8) is 0 Å². The molecule has 4 aromatic carbocycles. The summed E-state index contributed by atoms with van der Waals surface area (Å²) in [7, 11) is 1.71. The maximum Gasteiger partial charge on any atom is 0.163 e. The number of H-pyrrole nitrogens is 1. The number of amidine groups is 1. The molecule has 188 valence electrons. The SMILES string of the molecule is COc1ccc2c(c1)CCC1=C(c3ccccc3)/C(=N/c3[nH]c(-c4ccccc4)cc3-c3ccccc3)N=C12. The van der Waals surface area contributed by atoms with Gasteiger partial charge in [0.25, 0.3) is 0 Å². The number of rotatable bonds is 5. The van der Waals surface area contributed by atoms with Crippen LogP contribution in [0.15, 0.2) is 131 Å². The Kier molecular flexibility index (Phi) is 5.78. The monoisotopic (exact) mass is 505 g/mol. The molecule has 0 amide bonds. The van der Waals surface area contributed by atoms with E-state index < -0.39 is 0 Å². The molecule has 0 saturated heterocycles. The van der Waals surface area contributed by atoms with Crippen LogP contribution in [-0.2, 0) is 6.42 Å². The number of ether oxygens (including phenoxy) is 1. The summed E-state index contributed by atoms with van der Waals surface area (Å²) in [5.41, 5.74) is 11.3. The number of hydrogen-bond donors (Lipinski definition) is 1. The average Bonchev–Trinajstić information content (AvgIpc) is 3.60. The van der Waals surface area contributed by atoms with Crippen LogP contribution in [0.4, 0.5) is 5.82 Å². The highest BCUT2D eigenvalue weighted by Gasteiger charge is 2.32. The molecule has 39 heavy (non-hydrogen) atoms. The van der Waals surface area contributed by atoms with Gasteiger partial charge in [-0.2, -0.15) is 0 Å². The summed E-state index contributed by atoms with van der Waals surface area (Å²) < 4.78 is 5.50. The Morgan fingerprint density at radius 2 is 1.36 bits per heavy atom. The highest BCUT2D eigenvalue weighted by molar-refractivity contribution is 6.41. The number of fused-ring (bicyclic) bond motifs is 3. The number of aryl methyl sites for hydroxylation is 1. The van der Waals surface area contributed by atoms with Crippen LogP contribution < -0.4 is 4.74 Å². The average molecular weight is 506 g/mol. The third kappa shape index (κ3) is 4.20. The number of nitrogens with one attached hydrogen (secondary N) is 1. The molecule has 0 unspecified atom stereocenters. The van der Waals surface area contributed by atoms with Gasteiger partial charge in [-0.15, -0.1) is 0 Å². The lowest BCUT2D eigenvalue weighted by molar-refractivity contribution is 0.414. The molecule has 0 atom stereocenters. The van der Waals surface area contributed by atoms with E-state index in [9.17, 15) is 0 Å². The molecular formula is C35H27N3O. The van der Waals surface area contributed by atoms with Crippen LogP contribution in [0.3, 0.4) is 0 Å². The van der Waals surface area contributed by atoms with Crippen LogP contribution >= 0.6 is 0 Å². The van der Waals surface area contributed by atoms with E-state index in [0.29, 0.717) is 0 Å². The normalized spacial score (nSPS) is 15.2. The largest absolute Gasteiger partial charge is 0.497 e. The van der Waals surface area contributed by atoms with Crippen molar-refractivity contribution in [3.05, 3.63) is 138 Å². The van der Waals surface area contributed by atoms with E-state index in [-0.39, 0.29) is 0 Å². The number of hydrogen-bond acceptors (Lipinski definition) is 2. The molecule has 0 bridgehead atoms. The van der Waals surface area contributed by atoms with Crippen molar-refractivity contribution in [1.29, 1.82) is 0 Å². The van der Waals surface area contributed by atoms with E-state index in [1.807, 2.05) is 18.2 Å². The van der Waals surface area contributed by atoms with Crippen LogP contribution in [0.1, 0.15) is 23.1 Å². The van der Waals surface area contributed by atoms with Gasteiger partial charge in [0.05, 0.1) is 12.8 Å².